The second kappa shape index (κ2) is 5.34. The summed E-state index contributed by atoms with van der Waals surface area (Å²) < 4.78 is 22.1. The molecule has 17 heavy (non-hydrogen) atoms. The van der Waals surface area contributed by atoms with Crippen molar-refractivity contribution in [1.82, 2.24) is 4.98 Å². The van der Waals surface area contributed by atoms with E-state index in [1.807, 2.05) is 6.07 Å². The highest BCUT2D eigenvalue weighted by Gasteiger charge is 2.09. The van der Waals surface area contributed by atoms with Crippen LogP contribution in [-0.2, 0) is 9.84 Å². The Labute approximate surface area is 106 Å². The molecule has 0 spiro atoms. The summed E-state index contributed by atoms with van der Waals surface area (Å²) in [4.78, 5) is 5.67. The Kier molecular flexibility index (Phi) is 4.32. The van der Waals surface area contributed by atoms with E-state index in [4.69, 9.17) is 16.9 Å². The lowest BCUT2D eigenvalue weighted by molar-refractivity contribution is 0.601. The van der Waals surface area contributed by atoms with Crippen molar-refractivity contribution in [3.63, 3.8) is 0 Å². The maximum atomic E-state index is 11.0. The molecule has 0 aromatic carbocycles. The first-order chi connectivity index (χ1) is 7.81. The summed E-state index contributed by atoms with van der Waals surface area (Å²) in [6.45, 7) is 0.303. The largest absolute Gasteiger partial charge is 0.359 e. The molecule has 0 radical (unpaired) electrons. The molecular formula is C10H12ClN3O2S. The predicted octanol–water partition coefficient (Wildman–Crippen LogP) is 1.09. The maximum Gasteiger partial charge on any atom is 0.149 e. The molecule has 0 aliphatic carbocycles. The number of hydrogen-bond donors (Lipinski definition) is 0. The highest BCUT2D eigenvalue weighted by Crippen LogP contribution is 2.16. The van der Waals surface area contributed by atoms with Crippen LogP contribution in [0.25, 0.3) is 0 Å². The van der Waals surface area contributed by atoms with E-state index in [0.29, 0.717) is 17.9 Å². The van der Waals surface area contributed by atoms with Crippen LogP contribution in [0, 0.1) is 11.3 Å². The highest BCUT2D eigenvalue weighted by molar-refractivity contribution is 7.90. The first-order valence-electron chi connectivity index (χ1n) is 4.78. The normalized spacial score (nSPS) is 10.9. The Morgan fingerprint density at radius 3 is 2.71 bits per heavy atom. The van der Waals surface area contributed by atoms with E-state index in [-0.39, 0.29) is 10.9 Å². The van der Waals surface area contributed by atoms with Gasteiger partial charge in [-0.25, -0.2) is 13.4 Å². The molecule has 1 heterocycles. The van der Waals surface area contributed by atoms with Crippen LogP contribution in [0.3, 0.4) is 0 Å². The summed E-state index contributed by atoms with van der Waals surface area (Å²) in [7, 11) is -1.32. The Hall–Kier alpha value is -1.32. The number of anilines is 1. The van der Waals surface area contributed by atoms with Gasteiger partial charge in [-0.3, -0.25) is 0 Å². The predicted molar refractivity (Wildman–Crippen MR) is 66.9 cm³/mol. The molecule has 0 aliphatic rings. The topological polar surface area (TPSA) is 74.1 Å². The van der Waals surface area contributed by atoms with E-state index in [9.17, 15) is 8.42 Å². The van der Waals surface area contributed by atoms with Gasteiger partial charge in [-0.15, -0.1) is 0 Å². The average Bonchev–Trinajstić information content (AvgIpc) is 2.23. The highest BCUT2D eigenvalue weighted by atomic mass is 35.5. The number of aromatic nitrogens is 1. The number of sulfone groups is 1. The molecule has 0 bridgehead atoms. The molecule has 1 aromatic rings. The van der Waals surface area contributed by atoms with Crippen LogP contribution in [-0.4, -0.2) is 39.0 Å². The fourth-order valence-electron chi connectivity index (χ4n) is 1.16. The van der Waals surface area contributed by atoms with Crippen molar-refractivity contribution in [3.8, 4) is 6.07 Å². The molecule has 0 atom stereocenters. The minimum atomic E-state index is -3.02. The number of nitriles is 1. The van der Waals surface area contributed by atoms with E-state index in [0.717, 1.165) is 0 Å². The zero-order valence-electron chi connectivity index (χ0n) is 9.51. The zero-order valence-corrected chi connectivity index (χ0v) is 11.1. The van der Waals surface area contributed by atoms with Crippen LogP contribution in [0.15, 0.2) is 12.1 Å². The SMILES string of the molecule is CN(CCS(C)(=O)=O)c1cc(C#N)cc(Cl)n1. The van der Waals surface area contributed by atoms with Crippen LogP contribution in [0.4, 0.5) is 5.82 Å². The summed E-state index contributed by atoms with van der Waals surface area (Å²) in [5.74, 6) is 0.511. The fraction of sp³-hybridized carbons (Fsp3) is 0.400. The molecular weight excluding hydrogens is 262 g/mol. The third-order valence-electron chi connectivity index (χ3n) is 2.10. The lowest BCUT2D eigenvalue weighted by atomic mass is 10.3. The monoisotopic (exact) mass is 273 g/mol. The Bertz CT molecular complexity index is 551. The van der Waals surface area contributed by atoms with Crippen LogP contribution in [0.1, 0.15) is 5.56 Å². The molecule has 1 aromatic heterocycles. The summed E-state index contributed by atoms with van der Waals surface area (Å²) >= 11 is 5.76. The van der Waals surface area contributed by atoms with Crippen molar-refractivity contribution in [2.45, 2.75) is 0 Å². The molecule has 7 heteroatoms. The summed E-state index contributed by atoms with van der Waals surface area (Å²) in [5, 5.41) is 8.99. The minimum absolute atomic E-state index is 0.0274. The summed E-state index contributed by atoms with van der Waals surface area (Å²) in [5.41, 5.74) is 0.395. The molecule has 0 saturated heterocycles. The lowest BCUT2D eigenvalue weighted by Gasteiger charge is -2.17. The summed E-state index contributed by atoms with van der Waals surface area (Å²) in [6, 6.07) is 4.98. The van der Waals surface area contributed by atoms with Crippen LogP contribution < -0.4 is 4.90 Å². The van der Waals surface area contributed by atoms with Gasteiger partial charge >= 0.3 is 0 Å². The molecule has 92 valence electrons. The van der Waals surface area contributed by atoms with Crippen molar-refractivity contribution in [1.29, 1.82) is 5.26 Å². The fourth-order valence-corrected chi connectivity index (χ4v) is 1.97. The molecule has 0 saturated carbocycles. The van der Waals surface area contributed by atoms with Gasteiger partial charge in [0.1, 0.15) is 20.8 Å². The number of hydrogen-bond acceptors (Lipinski definition) is 5. The molecule has 0 aliphatic heterocycles. The quantitative estimate of drug-likeness (QED) is 0.768. The van der Waals surface area contributed by atoms with Crippen LogP contribution in [0.5, 0.6) is 0 Å². The molecule has 1 rings (SSSR count). The molecule has 0 unspecified atom stereocenters. The standard InChI is InChI=1S/C10H12ClN3O2S/c1-14(3-4-17(2,15)16)10-6-8(7-12)5-9(11)13-10/h5-6H,3-4H2,1-2H3. The van der Waals surface area contributed by atoms with Crippen molar-refractivity contribution in [2.24, 2.45) is 0 Å². The van der Waals surface area contributed by atoms with Gasteiger partial charge in [-0.2, -0.15) is 5.26 Å². The third kappa shape index (κ3) is 4.59. The maximum absolute atomic E-state index is 11.0. The van der Waals surface area contributed by atoms with Crippen molar-refractivity contribution in [2.75, 3.05) is 30.5 Å². The smallest absolute Gasteiger partial charge is 0.149 e. The molecule has 0 N–H and O–H groups in total. The average molecular weight is 274 g/mol. The second-order valence-corrected chi connectivity index (χ2v) is 6.35. The summed E-state index contributed by atoms with van der Waals surface area (Å²) in [6.07, 6.45) is 1.17. The van der Waals surface area contributed by atoms with E-state index < -0.39 is 9.84 Å². The second-order valence-electron chi connectivity index (χ2n) is 3.70. The van der Waals surface area contributed by atoms with E-state index in [2.05, 4.69) is 4.98 Å². The van der Waals surface area contributed by atoms with E-state index >= 15 is 0 Å². The Balaban J connectivity index is 2.86. The Morgan fingerprint density at radius 1 is 1.53 bits per heavy atom. The van der Waals surface area contributed by atoms with Crippen LogP contribution >= 0.6 is 11.6 Å². The number of halogens is 1. The van der Waals surface area contributed by atoms with Crippen molar-refractivity contribution >= 4 is 27.3 Å². The first-order valence-corrected chi connectivity index (χ1v) is 7.22. The van der Waals surface area contributed by atoms with Gasteiger partial charge in [-0.05, 0) is 12.1 Å². The van der Waals surface area contributed by atoms with Crippen LogP contribution in [0.2, 0.25) is 5.15 Å². The van der Waals surface area contributed by atoms with E-state index in [1.165, 1.54) is 12.3 Å². The number of nitrogens with zero attached hydrogens (tertiary/aromatic N) is 3. The lowest BCUT2D eigenvalue weighted by Crippen LogP contribution is -2.25. The third-order valence-corrected chi connectivity index (χ3v) is 3.22. The van der Waals surface area contributed by atoms with Gasteiger partial charge in [0.05, 0.1) is 17.4 Å². The van der Waals surface area contributed by atoms with Gasteiger partial charge in [0.25, 0.3) is 0 Å². The number of rotatable bonds is 4. The number of pyridine rings is 1. The molecule has 5 nitrogen and oxygen atoms in total. The van der Waals surface area contributed by atoms with Crippen molar-refractivity contribution < 1.29 is 8.42 Å². The van der Waals surface area contributed by atoms with Gasteiger partial charge in [0.15, 0.2) is 0 Å². The van der Waals surface area contributed by atoms with Gasteiger partial charge < -0.3 is 4.90 Å². The Morgan fingerprint density at radius 2 is 2.18 bits per heavy atom. The van der Waals surface area contributed by atoms with Gasteiger partial charge in [0.2, 0.25) is 0 Å². The minimum Gasteiger partial charge on any atom is -0.359 e. The molecule has 0 amide bonds. The van der Waals surface area contributed by atoms with Gasteiger partial charge in [-0.1, -0.05) is 11.6 Å². The van der Waals surface area contributed by atoms with Gasteiger partial charge in [0, 0.05) is 19.8 Å². The van der Waals surface area contributed by atoms with E-state index in [1.54, 1.807) is 18.0 Å². The zero-order chi connectivity index (χ0) is 13.1. The van der Waals surface area contributed by atoms with Crippen molar-refractivity contribution in [3.05, 3.63) is 22.8 Å². The molecule has 0 fully saturated rings. The first kappa shape index (κ1) is 13.7.